The zero-order valence-electron chi connectivity index (χ0n) is 9.47. The SMILES string of the molecule is COc1ccc(C#Cc2ccccc2)cc1O. The highest BCUT2D eigenvalue weighted by Gasteiger charge is 1.99. The molecule has 0 atom stereocenters. The van der Waals surface area contributed by atoms with Crippen molar-refractivity contribution in [3.8, 4) is 23.3 Å². The summed E-state index contributed by atoms with van der Waals surface area (Å²) in [5.74, 6) is 6.57. The lowest BCUT2D eigenvalue weighted by Crippen LogP contribution is -1.84. The van der Waals surface area contributed by atoms with Crippen molar-refractivity contribution < 1.29 is 9.84 Å². The molecule has 84 valence electrons. The lowest BCUT2D eigenvalue weighted by Gasteiger charge is -2.02. The van der Waals surface area contributed by atoms with Crippen molar-refractivity contribution in [2.45, 2.75) is 0 Å². The third kappa shape index (κ3) is 2.79. The molecular weight excluding hydrogens is 212 g/mol. The molecule has 0 aliphatic heterocycles. The maximum absolute atomic E-state index is 9.60. The van der Waals surface area contributed by atoms with Gasteiger partial charge in [-0.3, -0.25) is 0 Å². The first-order valence-electron chi connectivity index (χ1n) is 5.23. The topological polar surface area (TPSA) is 29.5 Å². The normalized spacial score (nSPS) is 9.24. The predicted molar refractivity (Wildman–Crippen MR) is 67.1 cm³/mol. The zero-order valence-corrected chi connectivity index (χ0v) is 9.47. The third-order valence-corrected chi connectivity index (χ3v) is 2.30. The minimum Gasteiger partial charge on any atom is -0.504 e. The first kappa shape index (κ1) is 11.1. The van der Waals surface area contributed by atoms with Crippen LogP contribution in [0.2, 0.25) is 0 Å². The predicted octanol–water partition coefficient (Wildman–Crippen LogP) is 2.80. The molecule has 2 nitrogen and oxygen atoms in total. The second-order valence-electron chi connectivity index (χ2n) is 3.50. The summed E-state index contributed by atoms with van der Waals surface area (Å²) < 4.78 is 4.96. The van der Waals surface area contributed by atoms with E-state index in [4.69, 9.17) is 4.74 Å². The largest absolute Gasteiger partial charge is 0.504 e. The number of hydrogen-bond acceptors (Lipinski definition) is 2. The zero-order chi connectivity index (χ0) is 12.1. The van der Waals surface area contributed by atoms with Gasteiger partial charge in [0, 0.05) is 11.1 Å². The van der Waals surface area contributed by atoms with E-state index >= 15 is 0 Å². The lowest BCUT2D eigenvalue weighted by molar-refractivity contribution is 0.373. The van der Waals surface area contributed by atoms with Crippen LogP contribution in [0.1, 0.15) is 11.1 Å². The van der Waals surface area contributed by atoms with Gasteiger partial charge in [0.2, 0.25) is 0 Å². The summed E-state index contributed by atoms with van der Waals surface area (Å²) in [7, 11) is 1.52. The molecule has 2 rings (SSSR count). The number of benzene rings is 2. The van der Waals surface area contributed by atoms with E-state index in [9.17, 15) is 5.11 Å². The third-order valence-electron chi connectivity index (χ3n) is 2.30. The van der Waals surface area contributed by atoms with Crippen LogP contribution in [0.5, 0.6) is 11.5 Å². The number of rotatable bonds is 1. The van der Waals surface area contributed by atoms with Gasteiger partial charge in [-0.1, -0.05) is 30.0 Å². The molecular formula is C15H12O2. The highest BCUT2D eigenvalue weighted by Crippen LogP contribution is 2.25. The Kier molecular flexibility index (Phi) is 3.32. The molecule has 0 aromatic heterocycles. The van der Waals surface area contributed by atoms with Gasteiger partial charge in [0.25, 0.3) is 0 Å². The minimum atomic E-state index is 0.104. The van der Waals surface area contributed by atoms with Crippen LogP contribution < -0.4 is 4.74 Å². The monoisotopic (exact) mass is 224 g/mol. The van der Waals surface area contributed by atoms with E-state index in [0.717, 1.165) is 11.1 Å². The first-order chi connectivity index (χ1) is 8.29. The quantitative estimate of drug-likeness (QED) is 0.755. The number of phenolic OH excluding ortho intramolecular Hbond substituents is 1. The van der Waals surface area contributed by atoms with E-state index in [1.165, 1.54) is 7.11 Å². The number of phenols is 1. The highest BCUT2D eigenvalue weighted by molar-refractivity contribution is 5.49. The second kappa shape index (κ2) is 5.09. The fourth-order valence-corrected chi connectivity index (χ4v) is 1.43. The molecule has 0 heterocycles. The average molecular weight is 224 g/mol. The standard InChI is InChI=1S/C15H12O2/c1-17-15-10-9-13(11-14(15)16)8-7-12-5-3-2-4-6-12/h2-6,9-11,16H,1H3. The van der Waals surface area contributed by atoms with Crippen molar-refractivity contribution in [2.24, 2.45) is 0 Å². The Balaban J connectivity index is 2.26. The lowest BCUT2D eigenvalue weighted by atomic mass is 10.1. The van der Waals surface area contributed by atoms with Crippen molar-refractivity contribution in [1.82, 2.24) is 0 Å². The highest BCUT2D eigenvalue weighted by atomic mass is 16.5. The second-order valence-corrected chi connectivity index (χ2v) is 3.50. The van der Waals surface area contributed by atoms with Gasteiger partial charge >= 0.3 is 0 Å². The van der Waals surface area contributed by atoms with Gasteiger partial charge in [-0.2, -0.15) is 0 Å². The fraction of sp³-hybridized carbons (Fsp3) is 0.0667. The molecule has 0 aliphatic carbocycles. The van der Waals surface area contributed by atoms with Crippen molar-refractivity contribution >= 4 is 0 Å². The Morgan fingerprint density at radius 1 is 0.941 bits per heavy atom. The average Bonchev–Trinajstić information content (AvgIpc) is 2.38. The van der Waals surface area contributed by atoms with Gasteiger partial charge in [0.15, 0.2) is 11.5 Å². The molecule has 0 aliphatic rings. The summed E-state index contributed by atoms with van der Waals surface area (Å²) >= 11 is 0. The van der Waals surface area contributed by atoms with Crippen LogP contribution in [0, 0.1) is 11.8 Å². The van der Waals surface area contributed by atoms with E-state index in [1.54, 1.807) is 12.1 Å². The van der Waals surface area contributed by atoms with Gasteiger partial charge in [-0.15, -0.1) is 0 Å². The van der Waals surface area contributed by atoms with Crippen LogP contribution in [-0.2, 0) is 0 Å². The van der Waals surface area contributed by atoms with Crippen LogP contribution in [0.25, 0.3) is 0 Å². The van der Waals surface area contributed by atoms with Gasteiger partial charge in [-0.25, -0.2) is 0 Å². The molecule has 1 N–H and O–H groups in total. The van der Waals surface area contributed by atoms with Crippen molar-refractivity contribution in [1.29, 1.82) is 0 Å². The maximum Gasteiger partial charge on any atom is 0.160 e. The van der Waals surface area contributed by atoms with Crippen LogP contribution >= 0.6 is 0 Å². The van der Waals surface area contributed by atoms with Crippen molar-refractivity contribution in [3.63, 3.8) is 0 Å². The van der Waals surface area contributed by atoms with Crippen LogP contribution in [-0.4, -0.2) is 12.2 Å². The molecule has 2 aromatic rings. The molecule has 0 saturated carbocycles. The van der Waals surface area contributed by atoms with Gasteiger partial charge in [0.05, 0.1) is 7.11 Å². The van der Waals surface area contributed by atoms with Crippen molar-refractivity contribution in [2.75, 3.05) is 7.11 Å². The molecule has 0 saturated heterocycles. The Bertz CT molecular complexity index is 562. The molecule has 2 aromatic carbocycles. The molecule has 2 heteroatoms. The summed E-state index contributed by atoms with van der Waals surface area (Å²) in [5, 5.41) is 9.60. The summed E-state index contributed by atoms with van der Waals surface area (Å²) in [4.78, 5) is 0. The van der Waals surface area contributed by atoms with Gasteiger partial charge in [-0.05, 0) is 30.3 Å². The van der Waals surface area contributed by atoms with E-state index < -0.39 is 0 Å². The van der Waals surface area contributed by atoms with Crippen LogP contribution in [0.15, 0.2) is 48.5 Å². The number of hydrogen-bond donors (Lipinski definition) is 1. The molecule has 0 radical (unpaired) electrons. The Hall–Kier alpha value is -2.40. The minimum absolute atomic E-state index is 0.104. The summed E-state index contributed by atoms with van der Waals surface area (Å²) in [6, 6.07) is 14.8. The van der Waals surface area contributed by atoms with Crippen LogP contribution in [0.4, 0.5) is 0 Å². The summed E-state index contributed by atoms with van der Waals surface area (Å²) in [6.07, 6.45) is 0. The molecule has 0 spiro atoms. The number of aromatic hydroxyl groups is 1. The molecule has 0 bridgehead atoms. The maximum atomic E-state index is 9.60. The fourth-order valence-electron chi connectivity index (χ4n) is 1.43. The van der Waals surface area contributed by atoms with E-state index in [1.807, 2.05) is 36.4 Å². The Morgan fingerprint density at radius 2 is 1.65 bits per heavy atom. The van der Waals surface area contributed by atoms with E-state index in [0.29, 0.717) is 5.75 Å². The van der Waals surface area contributed by atoms with E-state index in [-0.39, 0.29) is 5.75 Å². The summed E-state index contributed by atoms with van der Waals surface area (Å²) in [6.45, 7) is 0. The van der Waals surface area contributed by atoms with E-state index in [2.05, 4.69) is 11.8 Å². The number of ether oxygens (including phenoxy) is 1. The Morgan fingerprint density at radius 3 is 2.29 bits per heavy atom. The first-order valence-corrected chi connectivity index (χ1v) is 5.23. The van der Waals surface area contributed by atoms with Crippen molar-refractivity contribution in [3.05, 3.63) is 59.7 Å². The molecule has 0 amide bonds. The smallest absolute Gasteiger partial charge is 0.160 e. The number of methoxy groups -OCH3 is 1. The Labute approximate surface area is 100 Å². The van der Waals surface area contributed by atoms with Crippen LogP contribution in [0.3, 0.4) is 0 Å². The van der Waals surface area contributed by atoms with Gasteiger partial charge in [0.1, 0.15) is 0 Å². The molecule has 17 heavy (non-hydrogen) atoms. The molecule has 0 fully saturated rings. The summed E-state index contributed by atoms with van der Waals surface area (Å²) in [5.41, 5.74) is 1.70. The van der Waals surface area contributed by atoms with Gasteiger partial charge < -0.3 is 9.84 Å². The molecule has 0 unspecified atom stereocenters.